The molecular formula is C7H5IN2. The number of nitrogens with zero attached hydrogens (tertiary/aromatic N) is 2. The van der Waals surface area contributed by atoms with Gasteiger partial charge in [-0.2, -0.15) is 5.26 Å². The first-order valence-corrected chi connectivity index (χ1v) is 3.85. The molecule has 0 N–H and O–H groups in total. The first-order chi connectivity index (χ1) is 4.74. The van der Waals surface area contributed by atoms with Gasteiger partial charge in [-0.05, 0) is 41.6 Å². The van der Waals surface area contributed by atoms with Crippen molar-refractivity contribution >= 4 is 22.6 Å². The van der Waals surface area contributed by atoms with Gasteiger partial charge in [0.2, 0.25) is 0 Å². The molecule has 0 aliphatic rings. The molecule has 0 bridgehead atoms. The Bertz CT molecular complexity index is 288. The highest BCUT2D eigenvalue weighted by molar-refractivity contribution is 14.1. The molecule has 0 radical (unpaired) electrons. The van der Waals surface area contributed by atoms with E-state index >= 15 is 0 Å². The smallest absolute Gasteiger partial charge is 0.101 e. The number of hydrogen-bond donors (Lipinski definition) is 0. The Labute approximate surface area is 73.0 Å². The lowest BCUT2D eigenvalue weighted by atomic mass is 10.2. The lowest BCUT2D eigenvalue weighted by Crippen LogP contribution is -1.88. The van der Waals surface area contributed by atoms with Crippen LogP contribution >= 0.6 is 22.6 Å². The summed E-state index contributed by atoms with van der Waals surface area (Å²) in [5.41, 5.74) is 1.45. The molecule has 0 saturated carbocycles. The highest BCUT2D eigenvalue weighted by atomic mass is 127. The second kappa shape index (κ2) is 2.97. The van der Waals surface area contributed by atoms with E-state index < -0.39 is 0 Å². The van der Waals surface area contributed by atoms with Gasteiger partial charge in [0, 0.05) is 0 Å². The molecule has 10 heavy (non-hydrogen) atoms. The fourth-order valence-electron chi connectivity index (χ4n) is 0.649. The maximum Gasteiger partial charge on any atom is 0.101 e. The monoisotopic (exact) mass is 244 g/mol. The van der Waals surface area contributed by atoms with Gasteiger partial charge in [-0.1, -0.05) is 0 Å². The van der Waals surface area contributed by atoms with Crippen LogP contribution in [0.3, 0.4) is 0 Å². The largest absolute Gasteiger partial charge is 0.246 e. The summed E-state index contributed by atoms with van der Waals surface area (Å²) < 4.78 is 0.925. The number of aryl methyl sites for hydroxylation is 1. The molecule has 0 aliphatic heterocycles. The van der Waals surface area contributed by atoms with E-state index in [0.29, 0.717) is 5.56 Å². The Hall–Kier alpha value is -0.630. The van der Waals surface area contributed by atoms with Crippen LogP contribution in [-0.2, 0) is 0 Å². The van der Waals surface area contributed by atoms with E-state index in [1.807, 2.05) is 13.0 Å². The molecular weight excluding hydrogens is 239 g/mol. The van der Waals surface area contributed by atoms with Crippen molar-refractivity contribution in [1.82, 2.24) is 4.98 Å². The van der Waals surface area contributed by atoms with Crippen molar-refractivity contribution in [3.63, 3.8) is 0 Å². The molecule has 0 aromatic carbocycles. The van der Waals surface area contributed by atoms with Gasteiger partial charge in [0.05, 0.1) is 11.3 Å². The molecule has 0 spiro atoms. The molecule has 0 atom stereocenters. The zero-order valence-corrected chi connectivity index (χ0v) is 7.58. The minimum atomic E-state index is 0.653. The third kappa shape index (κ3) is 1.45. The summed E-state index contributed by atoms with van der Waals surface area (Å²) in [4.78, 5) is 4.11. The summed E-state index contributed by atoms with van der Waals surface area (Å²) >= 11 is 2.12. The van der Waals surface area contributed by atoms with Gasteiger partial charge in [-0.15, -0.1) is 0 Å². The molecule has 0 fully saturated rings. The van der Waals surface area contributed by atoms with Crippen LogP contribution in [0, 0.1) is 22.0 Å². The fourth-order valence-corrected chi connectivity index (χ4v) is 1.19. The molecule has 1 aromatic rings. The van der Waals surface area contributed by atoms with Gasteiger partial charge in [0.25, 0.3) is 0 Å². The fraction of sp³-hybridized carbons (Fsp3) is 0.143. The van der Waals surface area contributed by atoms with Crippen molar-refractivity contribution in [2.45, 2.75) is 6.92 Å². The van der Waals surface area contributed by atoms with Crippen molar-refractivity contribution in [2.24, 2.45) is 0 Å². The minimum Gasteiger partial charge on any atom is -0.246 e. The second-order valence-corrected chi connectivity index (χ2v) is 2.98. The predicted molar refractivity (Wildman–Crippen MR) is 46.4 cm³/mol. The predicted octanol–water partition coefficient (Wildman–Crippen LogP) is 1.87. The molecule has 1 heterocycles. The van der Waals surface area contributed by atoms with Crippen molar-refractivity contribution in [3.8, 4) is 6.07 Å². The van der Waals surface area contributed by atoms with E-state index in [0.717, 1.165) is 9.39 Å². The Morgan fingerprint density at radius 1 is 1.60 bits per heavy atom. The van der Waals surface area contributed by atoms with E-state index in [1.54, 1.807) is 6.07 Å². The van der Waals surface area contributed by atoms with E-state index in [4.69, 9.17) is 5.26 Å². The maximum absolute atomic E-state index is 8.52. The van der Waals surface area contributed by atoms with Gasteiger partial charge >= 0.3 is 0 Å². The Morgan fingerprint density at radius 2 is 2.30 bits per heavy atom. The average molecular weight is 244 g/mol. The number of nitriles is 1. The summed E-state index contributed by atoms with van der Waals surface area (Å²) in [7, 11) is 0. The molecule has 0 aliphatic carbocycles. The quantitative estimate of drug-likeness (QED) is 0.516. The van der Waals surface area contributed by atoms with Crippen LogP contribution in [0.2, 0.25) is 0 Å². The number of aromatic nitrogens is 1. The van der Waals surface area contributed by atoms with E-state index in [-0.39, 0.29) is 0 Å². The molecule has 0 unspecified atom stereocenters. The second-order valence-electron chi connectivity index (χ2n) is 1.88. The van der Waals surface area contributed by atoms with E-state index in [2.05, 4.69) is 33.6 Å². The van der Waals surface area contributed by atoms with Crippen molar-refractivity contribution in [1.29, 1.82) is 5.26 Å². The third-order valence-electron chi connectivity index (χ3n) is 1.17. The van der Waals surface area contributed by atoms with Gasteiger partial charge in [-0.25, -0.2) is 4.98 Å². The standard InChI is InChI=1S/C7H5IN2/c1-5-6(4-9)2-3-7(8)10-5/h2-3H,1H3. The van der Waals surface area contributed by atoms with Crippen LogP contribution in [0.15, 0.2) is 12.1 Å². The third-order valence-corrected chi connectivity index (χ3v) is 1.77. The zero-order chi connectivity index (χ0) is 7.56. The molecule has 0 saturated heterocycles. The van der Waals surface area contributed by atoms with Crippen LogP contribution in [0.1, 0.15) is 11.3 Å². The summed E-state index contributed by atoms with van der Waals surface area (Å²) in [5.74, 6) is 0. The topological polar surface area (TPSA) is 36.7 Å². The highest BCUT2D eigenvalue weighted by Gasteiger charge is 1.96. The molecule has 50 valence electrons. The maximum atomic E-state index is 8.52. The summed E-state index contributed by atoms with van der Waals surface area (Å²) in [6.45, 7) is 1.83. The summed E-state index contributed by atoms with van der Waals surface area (Å²) in [5, 5.41) is 8.52. The number of halogens is 1. The molecule has 3 heteroatoms. The average Bonchev–Trinajstić information content (AvgIpc) is 1.88. The SMILES string of the molecule is Cc1nc(I)ccc1C#N. The minimum absolute atomic E-state index is 0.653. The number of hydrogen-bond acceptors (Lipinski definition) is 2. The van der Waals surface area contributed by atoms with Crippen molar-refractivity contribution in [2.75, 3.05) is 0 Å². The van der Waals surface area contributed by atoms with Crippen LogP contribution in [0.5, 0.6) is 0 Å². The lowest BCUT2D eigenvalue weighted by molar-refractivity contribution is 1.15. The van der Waals surface area contributed by atoms with Crippen LogP contribution < -0.4 is 0 Å². The highest BCUT2D eigenvalue weighted by Crippen LogP contribution is 2.06. The van der Waals surface area contributed by atoms with Crippen LogP contribution in [0.25, 0.3) is 0 Å². The van der Waals surface area contributed by atoms with Crippen molar-refractivity contribution in [3.05, 3.63) is 27.1 Å². The number of rotatable bonds is 0. The first-order valence-electron chi connectivity index (χ1n) is 2.77. The van der Waals surface area contributed by atoms with Crippen molar-refractivity contribution < 1.29 is 0 Å². The van der Waals surface area contributed by atoms with Gasteiger partial charge < -0.3 is 0 Å². The van der Waals surface area contributed by atoms with Crippen LogP contribution in [0.4, 0.5) is 0 Å². The Morgan fingerprint density at radius 3 is 2.80 bits per heavy atom. The van der Waals surface area contributed by atoms with E-state index in [9.17, 15) is 0 Å². The van der Waals surface area contributed by atoms with Gasteiger partial charge in [0.1, 0.15) is 9.77 Å². The Kier molecular flexibility index (Phi) is 2.22. The van der Waals surface area contributed by atoms with Gasteiger partial charge in [0.15, 0.2) is 0 Å². The lowest BCUT2D eigenvalue weighted by Gasteiger charge is -1.94. The van der Waals surface area contributed by atoms with E-state index in [1.165, 1.54) is 0 Å². The number of pyridine rings is 1. The summed E-state index contributed by atoms with van der Waals surface area (Å²) in [6.07, 6.45) is 0. The first kappa shape index (κ1) is 7.48. The zero-order valence-electron chi connectivity index (χ0n) is 5.43. The molecule has 1 aromatic heterocycles. The Balaban J connectivity index is 3.23. The van der Waals surface area contributed by atoms with Crippen LogP contribution in [-0.4, -0.2) is 4.98 Å². The normalized spacial score (nSPS) is 8.90. The molecule has 0 amide bonds. The summed E-state index contributed by atoms with van der Waals surface area (Å²) in [6, 6.07) is 5.66. The van der Waals surface area contributed by atoms with Gasteiger partial charge in [-0.3, -0.25) is 0 Å². The molecule has 1 rings (SSSR count). The molecule has 2 nitrogen and oxygen atoms in total.